The molecular weight excluding hydrogens is 333 g/mol. The zero-order chi connectivity index (χ0) is 19.1. The van der Waals surface area contributed by atoms with Gasteiger partial charge in [0, 0.05) is 6.54 Å². The van der Waals surface area contributed by atoms with Crippen LogP contribution in [0.2, 0.25) is 0 Å². The average Bonchev–Trinajstić information content (AvgIpc) is 3.06. The molecule has 1 saturated carbocycles. The third-order valence-corrected chi connectivity index (χ3v) is 4.79. The van der Waals surface area contributed by atoms with E-state index in [1.54, 1.807) is 17.0 Å². The molecule has 0 heterocycles. The zero-order valence-corrected chi connectivity index (χ0v) is 15.7. The number of amides is 2. The minimum Gasteiger partial charge on any atom is -0.369 e. The summed E-state index contributed by atoms with van der Waals surface area (Å²) in [5.41, 5.74) is 6.23. The Balaban J connectivity index is 2.06. The Bertz CT molecular complexity index is 598. The van der Waals surface area contributed by atoms with Crippen LogP contribution in [0.15, 0.2) is 24.3 Å². The lowest BCUT2D eigenvalue weighted by Crippen LogP contribution is -2.44. The van der Waals surface area contributed by atoms with E-state index in [1.807, 2.05) is 13.8 Å². The number of hydrogen-bond acceptors (Lipinski definition) is 3. The summed E-state index contributed by atoms with van der Waals surface area (Å²) >= 11 is 0. The van der Waals surface area contributed by atoms with Crippen molar-refractivity contribution in [1.29, 1.82) is 0 Å². The van der Waals surface area contributed by atoms with Gasteiger partial charge in [-0.25, -0.2) is 4.39 Å². The summed E-state index contributed by atoms with van der Waals surface area (Å²) in [6.45, 7) is 4.89. The van der Waals surface area contributed by atoms with Crippen LogP contribution in [-0.2, 0) is 9.59 Å². The molecule has 6 heteroatoms. The highest BCUT2D eigenvalue weighted by Gasteiger charge is 2.28. The summed E-state index contributed by atoms with van der Waals surface area (Å²) in [6.07, 6.45) is 4.41. The first kappa shape index (κ1) is 20.4. The van der Waals surface area contributed by atoms with Crippen molar-refractivity contribution in [2.75, 3.05) is 19.6 Å². The molecule has 1 unspecified atom stereocenters. The van der Waals surface area contributed by atoms with E-state index in [2.05, 4.69) is 5.32 Å². The quantitative estimate of drug-likeness (QED) is 0.708. The van der Waals surface area contributed by atoms with Gasteiger partial charge in [0.15, 0.2) is 0 Å². The Labute approximate surface area is 155 Å². The molecule has 0 saturated heterocycles. The van der Waals surface area contributed by atoms with Gasteiger partial charge in [0.2, 0.25) is 11.8 Å². The monoisotopic (exact) mass is 363 g/mol. The van der Waals surface area contributed by atoms with Gasteiger partial charge >= 0.3 is 0 Å². The van der Waals surface area contributed by atoms with Crippen molar-refractivity contribution in [2.45, 2.75) is 45.6 Å². The fourth-order valence-electron chi connectivity index (χ4n) is 3.78. The summed E-state index contributed by atoms with van der Waals surface area (Å²) < 4.78 is 13.3. The molecular formula is C20H30FN3O2. The summed E-state index contributed by atoms with van der Waals surface area (Å²) in [5, 5.41) is 3.12. The first-order valence-corrected chi connectivity index (χ1v) is 9.40. The highest BCUT2D eigenvalue weighted by molar-refractivity contribution is 5.80. The van der Waals surface area contributed by atoms with E-state index in [4.69, 9.17) is 5.73 Å². The van der Waals surface area contributed by atoms with E-state index in [0.717, 1.165) is 31.2 Å². The number of hydrogen-bond donors (Lipinski definition) is 2. The normalized spacial score (nSPS) is 16.2. The summed E-state index contributed by atoms with van der Waals surface area (Å²) in [6, 6.07) is 6.23. The molecule has 1 fully saturated rings. The molecule has 1 aliphatic rings. The van der Waals surface area contributed by atoms with Gasteiger partial charge in [-0.3, -0.25) is 14.5 Å². The third-order valence-electron chi connectivity index (χ3n) is 4.79. The van der Waals surface area contributed by atoms with Crippen molar-refractivity contribution < 1.29 is 14.0 Å². The highest BCUT2D eigenvalue weighted by atomic mass is 19.1. The second-order valence-corrected chi connectivity index (χ2v) is 7.67. The van der Waals surface area contributed by atoms with Gasteiger partial charge in [0.1, 0.15) is 5.82 Å². The minimum absolute atomic E-state index is 0.0657. The van der Waals surface area contributed by atoms with Crippen LogP contribution in [0.25, 0.3) is 0 Å². The lowest BCUT2D eigenvalue weighted by molar-refractivity contribution is -0.125. The molecule has 1 aromatic rings. The Kier molecular flexibility index (Phi) is 7.57. The molecule has 26 heavy (non-hydrogen) atoms. The first-order valence-electron chi connectivity index (χ1n) is 9.40. The molecule has 1 atom stereocenters. The van der Waals surface area contributed by atoms with E-state index in [-0.39, 0.29) is 30.9 Å². The van der Waals surface area contributed by atoms with Crippen LogP contribution >= 0.6 is 0 Å². The number of carbonyl (C=O) groups is 2. The highest BCUT2D eigenvalue weighted by Crippen LogP contribution is 2.35. The second-order valence-electron chi connectivity index (χ2n) is 7.67. The van der Waals surface area contributed by atoms with Crippen LogP contribution < -0.4 is 11.1 Å². The van der Waals surface area contributed by atoms with Gasteiger partial charge in [-0.1, -0.05) is 38.8 Å². The van der Waals surface area contributed by atoms with Crippen molar-refractivity contribution in [1.82, 2.24) is 10.2 Å². The molecule has 2 amide bonds. The van der Waals surface area contributed by atoms with Crippen LogP contribution in [0.3, 0.4) is 0 Å². The maximum Gasteiger partial charge on any atom is 0.234 e. The van der Waals surface area contributed by atoms with E-state index in [9.17, 15) is 14.0 Å². The number of rotatable bonds is 9. The minimum atomic E-state index is -0.440. The molecule has 3 N–H and O–H groups in total. The Morgan fingerprint density at radius 2 is 1.81 bits per heavy atom. The molecule has 1 aromatic carbocycles. The summed E-state index contributed by atoms with van der Waals surface area (Å²) in [4.78, 5) is 25.7. The molecule has 0 bridgehead atoms. The summed E-state index contributed by atoms with van der Waals surface area (Å²) in [5.74, 6) is -0.170. The van der Waals surface area contributed by atoms with Crippen molar-refractivity contribution >= 4 is 11.8 Å². The molecule has 0 spiro atoms. The maximum absolute atomic E-state index is 13.3. The summed E-state index contributed by atoms with van der Waals surface area (Å²) in [7, 11) is 0. The van der Waals surface area contributed by atoms with E-state index in [0.29, 0.717) is 18.4 Å². The predicted molar refractivity (Wildman–Crippen MR) is 99.7 cm³/mol. The maximum atomic E-state index is 13.3. The molecule has 144 valence electrons. The van der Waals surface area contributed by atoms with E-state index >= 15 is 0 Å². The van der Waals surface area contributed by atoms with Gasteiger partial charge in [-0.15, -0.1) is 0 Å². The standard InChI is InChI=1S/C20H30FN3O2/c1-14(2)11-24(12-18(22)25)13-19(26)23-20(15-5-3-4-6-15)16-7-9-17(21)10-8-16/h7-10,14-15,20H,3-6,11-13H2,1-2H3,(H2,22,25)(H,23,26). The molecule has 0 aromatic heterocycles. The van der Waals surface area contributed by atoms with Gasteiger partial charge in [-0.05, 0) is 42.4 Å². The SMILES string of the molecule is CC(C)CN(CC(N)=O)CC(=O)NC(c1ccc(F)cc1)C1CCCC1. The number of nitrogens with two attached hydrogens (primary N) is 1. The molecule has 0 aliphatic heterocycles. The van der Waals surface area contributed by atoms with Crippen molar-refractivity contribution in [2.24, 2.45) is 17.6 Å². The Hall–Kier alpha value is -1.95. The first-order chi connectivity index (χ1) is 12.3. The number of benzene rings is 1. The van der Waals surface area contributed by atoms with Crippen LogP contribution in [-0.4, -0.2) is 36.3 Å². The molecule has 2 rings (SSSR count). The largest absolute Gasteiger partial charge is 0.369 e. The van der Waals surface area contributed by atoms with Gasteiger partial charge < -0.3 is 11.1 Å². The lowest BCUT2D eigenvalue weighted by atomic mass is 9.91. The van der Waals surface area contributed by atoms with Gasteiger partial charge in [0.05, 0.1) is 19.1 Å². The Morgan fingerprint density at radius 3 is 2.35 bits per heavy atom. The number of nitrogens with zero attached hydrogens (tertiary/aromatic N) is 1. The van der Waals surface area contributed by atoms with Crippen LogP contribution in [0, 0.1) is 17.7 Å². The van der Waals surface area contributed by atoms with Crippen LogP contribution in [0.5, 0.6) is 0 Å². The van der Waals surface area contributed by atoms with E-state index < -0.39 is 5.91 Å². The molecule has 5 nitrogen and oxygen atoms in total. The predicted octanol–water partition coefficient (Wildman–Crippen LogP) is 2.62. The fraction of sp³-hybridized carbons (Fsp3) is 0.600. The average molecular weight is 363 g/mol. The molecule has 0 radical (unpaired) electrons. The van der Waals surface area contributed by atoms with Gasteiger partial charge in [-0.2, -0.15) is 0 Å². The second kappa shape index (κ2) is 9.67. The fourth-order valence-corrected chi connectivity index (χ4v) is 3.78. The van der Waals surface area contributed by atoms with Gasteiger partial charge in [0.25, 0.3) is 0 Å². The molecule has 1 aliphatic carbocycles. The number of primary amides is 1. The van der Waals surface area contributed by atoms with Crippen LogP contribution in [0.1, 0.15) is 51.1 Å². The number of carbonyl (C=O) groups excluding carboxylic acids is 2. The smallest absolute Gasteiger partial charge is 0.234 e. The van der Waals surface area contributed by atoms with Crippen LogP contribution in [0.4, 0.5) is 4.39 Å². The van der Waals surface area contributed by atoms with Crippen molar-refractivity contribution in [3.8, 4) is 0 Å². The van der Waals surface area contributed by atoms with E-state index in [1.165, 1.54) is 12.1 Å². The number of nitrogens with one attached hydrogen (secondary N) is 1. The van der Waals surface area contributed by atoms with Crippen molar-refractivity contribution in [3.05, 3.63) is 35.6 Å². The van der Waals surface area contributed by atoms with Crippen molar-refractivity contribution in [3.63, 3.8) is 0 Å². The Morgan fingerprint density at radius 1 is 1.19 bits per heavy atom. The number of halogens is 1. The topological polar surface area (TPSA) is 75.4 Å². The third kappa shape index (κ3) is 6.41. The zero-order valence-electron chi connectivity index (χ0n) is 15.7. The lowest BCUT2D eigenvalue weighted by Gasteiger charge is -2.28.